The average Bonchev–Trinajstić information content (AvgIpc) is 3.79. The second-order valence-electron chi connectivity index (χ2n) is 20.6. The maximum absolute atomic E-state index is 2.63. The molecule has 0 spiro atoms. The second-order valence-corrected chi connectivity index (χ2v) is 21.7. The number of hydrogen-bond donors (Lipinski definition) is 0. The van der Waals surface area contributed by atoms with E-state index in [2.05, 4.69) is 224 Å². The number of fused-ring (bicyclic) bond motifs is 9. The molecule has 0 unspecified atom stereocenters. The van der Waals surface area contributed by atoms with Crippen LogP contribution in [-0.4, -0.2) is 6.71 Å². The predicted molar refractivity (Wildman–Crippen MR) is 265 cm³/mol. The van der Waals surface area contributed by atoms with Gasteiger partial charge in [-0.3, -0.25) is 0 Å². The summed E-state index contributed by atoms with van der Waals surface area (Å²) in [5.74, 6) is 0.0907. The molecule has 4 heteroatoms. The molecule has 0 radical (unpaired) electrons. The van der Waals surface area contributed by atoms with Gasteiger partial charge in [-0.25, -0.2) is 0 Å². The van der Waals surface area contributed by atoms with Gasteiger partial charge in [0.1, 0.15) is 0 Å². The molecule has 0 bridgehead atoms. The molecule has 11 rings (SSSR count). The molecule has 2 nitrogen and oxygen atoms in total. The van der Waals surface area contributed by atoms with Gasteiger partial charge >= 0.3 is 0 Å². The van der Waals surface area contributed by atoms with Crippen LogP contribution in [0.5, 0.6) is 0 Å². The number of hydrogen-bond acceptors (Lipinski definition) is 3. The van der Waals surface area contributed by atoms with E-state index in [0.717, 1.165) is 0 Å². The fraction of sp³-hybridized carbons (Fsp3) is 0.228. The first-order chi connectivity index (χ1) is 29.2. The highest BCUT2D eigenvalue weighted by Gasteiger charge is 2.46. The van der Waals surface area contributed by atoms with Crippen molar-refractivity contribution in [2.45, 2.75) is 84.5 Å². The monoisotopic (exact) mass is 808 g/mol. The van der Waals surface area contributed by atoms with Gasteiger partial charge < -0.3 is 9.80 Å². The molecule has 1 aliphatic carbocycles. The molecule has 8 aromatic rings. The van der Waals surface area contributed by atoms with E-state index in [9.17, 15) is 0 Å². The maximum Gasteiger partial charge on any atom is 0.264 e. The van der Waals surface area contributed by atoms with Gasteiger partial charge in [-0.1, -0.05) is 165 Å². The summed E-state index contributed by atoms with van der Waals surface area (Å²) in [5.41, 5.74) is 21.1. The Morgan fingerprint density at radius 3 is 1.54 bits per heavy atom. The van der Waals surface area contributed by atoms with Crippen LogP contribution in [0.4, 0.5) is 34.1 Å². The third kappa shape index (κ3) is 5.89. The summed E-state index contributed by atoms with van der Waals surface area (Å²) < 4.78 is 2.74. The molecule has 300 valence electrons. The molecule has 0 fully saturated rings. The van der Waals surface area contributed by atoms with Crippen LogP contribution in [0.3, 0.4) is 0 Å². The largest absolute Gasteiger partial charge is 0.311 e. The number of thiophene rings is 1. The van der Waals surface area contributed by atoms with Crippen LogP contribution in [0.25, 0.3) is 21.2 Å². The van der Waals surface area contributed by atoms with E-state index >= 15 is 0 Å². The highest BCUT2D eigenvalue weighted by molar-refractivity contribution is 7.33. The summed E-state index contributed by atoms with van der Waals surface area (Å²) >= 11 is 1.97. The quantitative estimate of drug-likeness (QED) is 0.164. The zero-order valence-corrected chi connectivity index (χ0v) is 37.7. The first kappa shape index (κ1) is 38.1. The van der Waals surface area contributed by atoms with E-state index in [0.29, 0.717) is 0 Å². The molecule has 3 heterocycles. The van der Waals surface area contributed by atoms with Crippen LogP contribution in [0.2, 0.25) is 0 Å². The van der Waals surface area contributed by atoms with Gasteiger partial charge in [-0.15, -0.1) is 11.3 Å². The lowest BCUT2D eigenvalue weighted by Crippen LogP contribution is -2.60. The van der Waals surface area contributed by atoms with E-state index < -0.39 is 0 Å². The van der Waals surface area contributed by atoms with Gasteiger partial charge in [-0.05, 0) is 120 Å². The van der Waals surface area contributed by atoms with E-state index in [1.807, 2.05) is 11.3 Å². The highest BCUT2D eigenvalue weighted by atomic mass is 32.1. The van der Waals surface area contributed by atoms with Gasteiger partial charge in [0.2, 0.25) is 0 Å². The van der Waals surface area contributed by atoms with Crippen molar-refractivity contribution in [3.05, 3.63) is 185 Å². The Morgan fingerprint density at radius 2 is 0.967 bits per heavy atom. The standard InChI is InChI=1S/C57H53BN2S/c1-55(2,3)36-22-27-39(28-23-36)59-47-31-26-38(57(7,8)9)34-46(47)58-52-48(59)32-35(51-43-18-12-10-16-41(43)42-17-11-13-19-44(42)51)33-49(52)60(40-29-24-37(25-30-40)56(4,5)6)53-45-20-14-15-21-50(45)61-54(53)58/h10-34,51H,1-9H3. The fourth-order valence-electron chi connectivity index (χ4n) is 10.4. The molecule has 0 N–H and O–H groups in total. The van der Waals surface area contributed by atoms with Crippen molar-refractivity contribution in [1.29, 1.82) is 0 Å². The van der Waals surface area contributed by atoms with E-state index in [1.54, 1.807) is 0 Å². The summed E-state index contributed by atoms with van der Waals surface area (Å²) in [5, 5.41) is 1.31. The minimum atomic E-state index is -0.0110. The topological polar surface area (TPSA) is 6.48 Å². The first-order valence-corrected chi connectivity index (χ1v) is 22.8. The van der Waals surface area contributed by atoms with Crippen molar-refractivity contribution in [3.8, 4) is 11.1 Å². The van der Waals surface area contributed by atoms with Gasteiger partial charge in [0.25, 0.3) is 6.71 Å². The number of anilines is 6. The molecule has 7 aromatic carbocycles. The van der Waals surface area contributed by atoms with Gasteiger partial charge in [0.05, 0.1) is 5.69 Å². The molecule has 0 saturated carbocycles. The maximum atomic E-state index is 2.63. The van der Waals surface area contributed by atoms with E-state index in [-0.39, 0.29) is 28.9 Å². The molecule has 61 heavy (non-hydrogen) atoms. The van der Waals surface area contributed by atoms with Crippen LogP contribution in [-0.2, 0) is 16.2 Å². The van der Waals surface area contributed by atoms with Crippen molar-refractivity contribution in [2.24, 2.45) is 0 Å². The number of rotatable bonds is 3. The molecular weight excluding hydrogens is 756 g/mol. The molecule has 0 atom stereocenters. The van der Waals surface area contributed by atoms with Crippen LogP contribution in [0.15, 0.2) is 152 Å². The Balaban J connectivity index is 1.27. The van der Waals surface area contributed by atoms with Crippen molar-refractivity contribution < 1.29 is 0 Å². The molecule has 2 aliphatic heterocycles. The van der Waals surface area contributed by atoms with Crippen LogP contribution in [0, 0.1) is 0 Å². The molecular formula is C57H53BN2S. The lowest BCUT2D eigenvalue weighted by Gasteiger charge is -2.44. The third-order valence-corrected chi connectivity index (χ3v) is 14.8. The molecule has 3 aliphatic rings. The van der Waals surface area contributed by atoms with Crippen LogP contribution in [0.1, 0.15) is 102 Å². The Morgan fingerprint density at radius 1 is 0.475 bits per heavy atom. The van der Waals surface area contributed by atoms with Gasteiger partial charge in [-0.2, -0.15) is 0 Å². The second kappa shape index (κ2) is 13.3. The Bertz CT molecular complexity index is 3000. The highest BCUT2D eigenvalue weighted by Crippen LogP contribution is 2.53. The van der Waals surface area contributed by atoms with Crippen molar-refractivity contribution in [1.82, 2.24) is 0 Å². The average molecular weight is 809 g/mol. The van der Waals surface area contributed by atoms with Crippen molar-refractivity contribution >= 4 is 78.0 Å². The zero-order valence-electron chi connectivity index (χ0n) is 36.9. The Labute approximate surface area is 366 Å². The first-order valence-electron chi connectivity index (χ1n) is 22.0. The zero-order chi connectivity index (χ0) is 42.2. The summed E-state index contributed by atoms with van der Waals surface area (Å²) in [7, 11) is 0. The van der Waals surface area contributed by atoms with Crippen molar-refractivity contribution in [3.63, 3.8) is 0 Å². The SMILES string of the molecule is CC(C)(C)c1ccc(N2c3ccc(C(C)(C)C)cc3B3c4sc5ccccc5c4N(c4ccc(C(C)(C)C)cc4)c4cc(C5c6ccccc6-c6ccccc65)cc2c43)cc1. The summed E-state index contributed by atoms with van der Waals surface area (Å²) in [6, 6.07) is 58.6. The minimum absolute atomic E-state index is 0.0110. The molecule has 0 amide bonds. The predicted octanol–water partition coefficient (Wildman–Crippen LogP) is 14.0. The van der Waals surface area contributed by atoms with Gasteiger partial charge in [0.15, 0.2) is 0 Å². The van der Waals surface area contributed by atoms with Gasteiger partial charge in [0, 0.05) is 49.2 Å². The summed E-state index contributed by atoms with van der Waals surface area (Å²) in [4.78, 5) is 5.23. The normalized spacial score (nSPS) is 14.5. The lowest BCUT2D eigenvalue weighted by atomic mass is 9.36. The number of benzene rings is 7. The summed E-state index contributed by atoms with van der Waals surface area (Å²) in [6.45, 7) is 20.9. The third-order valence-electron chi connectivity index (χ3n) is 13.6. The lowest BCUT2D eigenvalue weighted by molar-refractivity contribution is 0.590. The van der Waals surface area contributed by atoms with Crippen LogP contribution < -0.4 is 25.5 Å². The Kier molecular flexibility index (Phi) is 8.33. The summed E-state index contributed by atoms with van der Waals surface area (Å²) in [6.07, 6.45) is 0. The van der Waals surface area contributed by atoms with E-state index in [4.69, 9.17) is 0 Å². The number of nitrogens with zero attached hydrogens (tertiary/aromatic N) is 2. The molecule has 0 saturated heterocycles. The van der Waals surface area contributed by atoms with E-state index in [1.165, 1.54) is 104 Å². The van der Waals surface area contributed by atoms with Crippen LogP contribution >= 0.6 is 11.3 Å². The van der Waals surface area contributed by atoms with Crippen molar-refractivity contribution in [2.75, 3.05) is 9.80 Å². The fourth-order valence-corrected chi connectivity index (χ4v) is 11.7. The Hall–Kier alpha value is -5.84. The smallest absolute Gasteiger partial charge is 0.264 e. The molecule has 1 aromatic heterocycles. The minimum Gasteiger partial charge on any atom is -0.311 e.